The highest BCUT2D eigenvalue weighted by Crippen LogP contribution is 2.38. The Morgan fingerprint density at radius 1 is 1.18 bits per heavy atom. The van der Waals surface area contributed by atoms with Gasteiger partial charge in [0.25, 0.3) is 11.8 Å². The van der Waals surface area contributed by atoms with Gasteiger partial charge in [0.15, 0.2) is 0 Å². The minimum Gasteiger partial charge on any atom is -0.398 e. The fraction of sp³-hybridized carbons (Fsp3) is 0.250. The van der Waals surface area contributed by atoms with E-state index < -0.39 is 0 Å². The first-order chi connectivity index (χ1) is 10.6. The van der Waals surface area contributed by atoms with Crippen LogP contribution in [0, 0.1) is 0 Å². The molecule has 3 rings (SSSR count). The second kappa shape index (κ2) is 5.62. The van der Waals surface area contributed by atoms with Gasteiger partial charge in [-0.25, -0.2) is 0 Å². The molecule has 1 aliphatic heterocycles. The number of nitrogen functional groups attached to an aromatic ring is 1. The van der Waals surface area contributed by atoms with Gasteiger partial charge in [-0.2, -0.15) is 0 Å². The second-order valence-corrected chi connectivity index (χ2v) is 5.95. The molecule has 0 bridgehead atoms. The predicted octanol–water partition coefficient (Wildman–Crippen LogP) is 2.78. The van der Waals surface area contributed by atoms with Gasteiger partial charge in [0.05, 0.1) is 10.5 Å². The number of benzene rings is 2. The Labute approximate surface area is 132 Å². The molecule has 5 nitrogen and oxygen atoms in total. The maximum atomic E-state index is 12.7. The molecule has 4 N–H and O–H groups in total. The first-order valence-electron chi connectivity index (χ1n) is 7.18. The molecule has 0 fully saturated rings. The number of carbonyl (C=O) groups is 2. The van der Waals surface area contributed by atoms with Crippen molar-refractivity contribution in [2.75, 3.05) is 12.3 Å². The van der Waals surface area contributed by atoms with Crippen LogP contribution in [-0.4, -0.2) is 23.3 Å². The van der Waals surface area contributed by atoms with Gasteiger partial charge in [0.1, 0.15) is 0 Å². The van der Waals surface area contributed by atoms with Crippen LogP contribution in [0.2, 0.25) is 0 Å². The van der Waals surface area contributed by atoms with E-state index in [4.69, 9.17) is 10.9 Å². The standard InChI is InChI=1S/C16H17N3O2S/c1-2-3-7-19-15(20)10-6-4-5-9-13(10)11(16(19)21)8-12(17)14(9)22-18/h4-6,8H,2-3,7,17-18H2,1H3. The number of carbonyl (C=O) groups excluding carboxylic acids is 2. The van der Waals surface area contributed by atoms with Crippen LogP contribution in [0.15, 0.2) is 29.2 Å². The van der Waals surface area contributed by atoms with Crippen molar-refractivity contribution in [1.29, 1.82) is 0 Å². The fourth-order valence-corrected chi connectivity index (χ4v) is 3.35. The number of imide groups is 1. The number of nitrogens with zero attached hydrogens (tertiary/aromatic N) is 1. The first-order valence-corrected chi connectivity index (χ1v) is 8.06. The average Bonchev–Trinajstić information content (AvgIpc) is 2.52. The summed E-state index contributed by atoms with van der Waals surface area (Å²) in [4.78, 5) is 27.3. The summed E-state index contributed by atoms with van der Waals surface area (Å²) in [6, 6.07) is 7.03. The molecular weight excluding hydrogens is 298 g/mol. The zero-order valence-electron chi connectivity index (χ0n) is 12.3. The second-order valence-electron chi connectivity index (χ2n) is 5.30. The number of nitrogens with two attached hydrogens (primary N) is 2. The molecule has 2 aromatic rings. The average molecular weight is 315 g/mol. The number of unbranched alkanes of at least 4 members (excludes halogenated alkanes) is 1. The molecule has 1 aliphatic rings. The molecular formula is C16H17N3O2S. The fourth-order valence-electron chi connectivity index (χ4n) is 2.86. The number of rotatable bonds is 4. The molecule has 114 valence electrons. The highest BCUT2D eigenvalue weighted by molar-refractivity contribution is 7.97. The van der Waals surface area contributed by atoms with Gasteiger partial charge in [-0.3, -0.25) is 19.6 Å². The van der Waals surface area contributed by atoms with Crippen molar-refractivity contribution in [3.05, 3.63) is 35.4 Å². The first kappa shape index (κ1) is 14.9. The quantitative estimate of drug-likeness (QED) is 0.514. The van der Waals surface area contributed by atoms with E-state index in [2.05, 4.69) is 0 Å². The van der Waals surface area contributed by atoms with Crippen LogP contribution in [0.5, 0.6) is 0 Å². The van der Waals surface area contributed by atoms with E-state index in [0.717, 1.165) is 30.2 Å². The van der Waals surface area contributed by atoms with E-state index in [-0.39, 0.29) is 11.8 Å². The molecule has 2 aromatic carbocycles. The number of amides is 2. The molecule has 22 heavy (non-hydrogen) atoms. The zero-order valence-corrected chi connectivity index (χ0v) is 13.1. The molecule has 0 radical (unpaired) electrons. The Morgan fingerprint density at radius 3 is 2.59 bits per heavy atom. The number of hydrogen-bond acceptors (Lipinski definition) is 5. The predicted molar refractivity (Wildman–Crippen MR) is 88.7 cm³/mol. The third-order valence-corrected chi connectivity index (χ3v) is 4.64. The van der Waals surface area contributed by atoms with Crippen LogP contribution in [0.4, 0.5) is 5.69 Å². The van der Waals surface area contributed by atoms with Crippen LogP contribution in [0.25, 0.3) is 10.8 Å². The largest absolute Gasteiger partial charge is 0.398 e. The van der Waals surface area contributed by atoms with Gasteiger partial charge in [-0.15, -0.1) is 0 Å². The van der Waals surface area contributed by atoms with Crippen molar-refractivity contribution in [2.24, 2.45) is 5.14 Å². The van der Waals surface area contributed by atoms with Crippen LogP contribution in [0.3, 0.4) is 0 Å². The molecule has 2 amide bonds. The summed E-state index contributed by atoms with van der Waals surface area (Å²) in [6.45, 7) is 2.45. The van der Waals surface area contributed by atoms with E-state index in [1.54, 1.807) is 18.2 Å². The van der Waals surface area contributed by atoms with E-state index in [1.807, 2.05) is 13.0 Å². The van der Waals surface area contributed by atoms with Crippen LogP contribution in [-0.2, 0) is 0 Å². The molecule has 0 saturated carbocycles. The van der Waals surface area contributed by atoms with Gasteiger partial charge in [0.2, 0.25) is 0 Å². The van der Waals surface area contributed by atoms with Gasteiger partial charge in [-0.1, -0.05) is 25.5 Å². The van der Waals surface area contributed by atoms with Crippen molar-refractivity contribution in [3.63, 3.8) is 0 Å². The normalized spacial score (nSPS) is 14.0. The maximum Gasteiger partial charge on any atom is 0.261 e. The number of anilines is 1. The lowest BCUT2D eigenvalue weighted by Crippen LogP contribution is -2.41. The Bertz CT molecular complexity index is 789. The Balaban J connectivity index is 2.28. The van der Waals surface area contributed by atoms with Crippen molar-refractivity contribution in [2.45, 2.75) is 24.7 Å². The topological polar surface area (TPSA) is 89.4 Å². The molecule has 0 saturated heterocycles. The summed E-state index contributed by atoms with van der Waals surface area (Å²) in [5.74, 6) is -0.517. The summed E-state index contributed by atoms with van der Waals surface area (Å²) in [7, 11) is 0. The van der Waals surface area contributed by atoms with Crippen molar-refractivity contribution < 1.29 is 9.59 Å². The van der Waals surface area contributed by atoms with Gasteiger partial charge in [0, 0.05) is 28.6 Å². The Hall–Kier alpha value is -2.05. The van der Waals surface area contributed by atoms with E-state index in [0.29, 0.717) is 33.6 Å². The summed E-state index contributed by atoms with van der Waals surface area (Å²) in [5.41, 5.74) is 7.52. The lowest BCUT2D eigenvalue weighted by atomic mass is 9.93. The summed E-state index contributed by atoms with van der Waals surface area (Å²) < 4.78 is 0. The molecule has 6 heteroatoms. The molecule has 0 unspecified atom stereocenters. The lowest BCUT2D eigenvalue weighted by Gasteiger charge is -2.28. The highest BCUT2D eigenvalue weighted by atomic mass is 32.2. The SMILES string of the molecule is CCCCN1C(=O)c2cccc3c(SN)c(N)cc(c23)C1=O. The summed E-state index contributed by atoms with van der Waals surface area (Å²) in [6.07, 6.45) is 1.70. The third kappa shape index (κ3) is 2.07. The Morgan fingerprint density at radius 2 is 1.91 bits per heavy atom. The van der Waals surface area contributed by atoms with Crippen molar-refractivity contribution in [1.82, 2.24) is 4.90 Å². The molecule has 0 spiro atoms. The summed E-state index contributed by atoms with van der Waals surface area (Å²) in [5, 5.41) is 7.12. The van der Waals surface area contributed by atoms with Crippen molar-refractivity contribution >= 4 is 40.2 Å². The maximum absolute atomic E-state index is 12.7. The monoisotopic (exact) mass is 315 g/mol. The van der Waals surface area contributed by atoms with Crippen molar-refractivity contribution in [3.8, 4) is 0 Å². The molecule has 1 heterocycles. The van der Waals surface area contributed by atoms with Crippen LogP contribution in [0.1, 0.15) is 40.5 Å². The Kier molecular flexibility index (Phi) is 3.80. The van der Waals surface area contributed by atoms with E-state index >= 15 is 0 Å². The molecule has 0 atom stereocenters. The smallest absolute Gasteiger partial charge is 0.261 e. The minimum atomic E-state index is -0.276. The van der Waals surface area contributed by atoms with Gasteiger partial charge < -0.3 is 5.73 Å². The molecule has 0 aromatic heterocycles. The van der Waals surface area contributed by atoms with E-state index in [9.17, 15) is 9.59 Å². The van der Waals surface area contributed by atoms with Gasteiger partial charge in [-0.05, 0) is 30.5 Å². The highest BCUT2D eigenvalue weighted by Gasteiger charge is 2.33. The lowest BCUT2D eigenvalue weighted by molar-refractivity contribution is 0.0608. The number of hydrogen-bond donors (Lipinski definition) is 2. The van der Waals surface area contributed by atoms with Crippen LogP contribution < -0.4 is 10.9 Å². The minimum absolute atomic E-state index is 0.241. The zero-order chi connectivity index (χ0) is 15.9. The molecule has 0 aliphatic carbocycles. The van der Waals surface area contributed by atoms with Crippen LogP contribution >= 0.6 is 11.9 Å². The van der Waals surface area contributed by atoms with E-state index in [1.165, 1.54) is 4.90 Å². The summed E-state index contributed by atoms with van der Waals surface area (Å²) >= 11 is 1.03. The third-order valence-electron chi connectivity index (χ3n) is 3.94. The van der Waals surface area contributed by atoms with Gasteiger partial charge >= 0.3 is 0 Å².